The maximum Gasteiger partial charge on any atom is 0.303 e. The summed E-state index contributed by atoms with van der Waals surface area (Å²) in [5, 5.41) is 0. The molecule has 1 aromatic carbocycles. The van der Waals surface area contributed by atoms with Crippen LogP contribution in [0.25, 0.3) is 0 Å². The van der Waals surface area contributed by atoms with Crippen LogP contribution in [-0.2, 0) is 10.2 Å². The second-order valence-corrected chi connectivity index (χ2v) is 6.72. The van der Waals surface area contributed by atoms with Gasteiger partial charge in [-0.2, -0.15) is 12.7 Å². The minimum Gasteiger partial charge on any atom is -0.330 e. The van der Waals surface area contributed by atoms with Crippen molar-refractivity contribution in [1.82, 2.24) is 4.31 Å². The molecule has 0 aliphatic carbocycles. The number of hydrogen-bond donors (Lipinski definition) is 1. The molecule has 1 unspecified atom stereocenters. The van der Waals surface area contributed by atoms with Crippen LogP contribution >= 0.6 is 0 Å². The number of hydrogen-bond acceptors (Lipinski definition) is 3. The SMILES string of the molecule is Cc1ccc(N2CC(CN)CN(C)S2(=O)=O)cc1. The van der Waals surface area contributed by atoms with Crippen molar-refractivity contribution in [2.75, 3.05) is 31.0 Å². The van der Waals surface area contributed by atoms with Crippen LogP contribution in [0.4, 0.5) is 5.69 Å². The van der Waals surface area contributed by atoms with Crippen LogP contribution in [0.15, 0.2) is 24.3 Å². The molecule has 1 aliphatic rings. The molecule has 1 atom stereocenters. The predicted molar refractivity (Wildman–Crippen MR) is 72.6 cm³/mol. The second-order valence-electron chi connectivity index (χ2n) is 4.76. The number of rotatable bonds is 2. The van der Waals surface area contributed by atoms with E-state index in [2.05, 4.69) is 0 Å². The third-order valence-electron chi connectivity index (χ3n) is 3.27. The molecule has 1 heterocycles. The summed E-state index contributed by atoms with van der Waals surface area (Å²) in [6.07, 6.45) is 0. The fraction of sp³-hybridized carbons (Fsp3) is 0.500. The lowest BCUT2D eigenvalue weighted by Gasteiger charge is -2.38. The molecule has 2 N–H and O–H groups in total. The lowest BCUT2D eigenvalue weighted by molar-refractivity contribution is 0.363. The van der Waals surface area contributed by atoms with Gasteiger partial charge in [-0.15, -0.1) is 0 Å². The third-order valence-corrected chi connectivity index (χ3v) is 5.12. The highest BCUT2D eigenvalue weighted by atomic mass is 32.2. The summed E-state index contributed by atoms with van der Waals surface area (Å²) in [6, 6.07) is 7.49. The normalized spacial score (nSPS) is 24.2. The van der Waals surface area contributed by atoms with Crippen LogP contribution in [0.2, 0.25) is 0 Å². The van der Waals surface area contributed by atoms with Crippen molar-refractivity contribution in [1.29, 1.82) is 0 Å². The molecule has 0 bridgehead atoms. The molecule has 1 saturated heterocycles. The zero-order chi connectivity index (χ0) is 13.3. The van der Waals surface area contributed by atoms with E-state index in [0.717, 1.165) is 5.56 Å². The van der Waals surface area contributed by atoms with Crippen molar-refractivity contribution in [3.8, 4) is 0 Å². The van der Waals surface area contributed by atoms with Crippen LogP contribution < -0.4 is 10.0 Å². The Balaban J connectivity index is 2.36. The monoisotopic (exact) mass is 269 g/mol. The predicted octanol–water partition coefficient (Wildman–Crippen LogP) is 0.567. The van der Waals surface area contributed by atoms with Crippen molar-refractivity contribution in [3.05, 3.63) is 29.8 Å². The molecule has 18 heavy (non-hydrogen) atoms. The van der Waals surface area contributed by atoms with E-state index in [1.165, 1.54) is 8.61 Å². The zero-order valence-corrected chi connectivity index (χ0v) is 11.5. The molecule has 0 aromatic heterocycles. The molecular formula is C12H19N3O2S. The van der Waals surface area contributed by atoms with E-state index in [1.807, 2.05) is 31.2 Å². The van der Waals surface area contributed by atoms with Crippen LogP contribution in [0.1, 0.15) is 5.56 Å². The molecule has 5 nitrogen and oxygen atoms in total. The molecule has 1 aliphatic heterocycles. The van der Waals surface area contributed by atoms with E-state index >= 15 is 0 Å². The topological polar surface area (TPSA) is 66.6 Å². The molecule has 0 amide bonds. The maximum absolute atomic E-state index is 12.3. The zero-order valence-electron chi connectivity index (χ0n) is 10.7. The number of anilines is 1. The van der Waals surface area contributed by atoms with Gasteiger partial charge in [-0.05, 0) is 25.6 Å². The average Bonchev–Trinajstić information content (AvgIpc) is 2.34. The summed E-state index contributed by atoms with van der Waals surface area (Å²) in [5.41, 5.74) is 7.48. The number of benzene rings is 1. The standard InChI is InChI=1S/C12H19N3O2S/c1-10-3-5-12(6-4-10)15-9-11(7-13)8-14(2)18(15,16)17/h3-6,11H,7-9,13H2,1-2H3. The van der Waals surface area contributed by atoms with E-state index in [4.69, 9.17) is 5.73 Å². The first kappa shape index (κ1) is 13.3. The first-order chi connectivity index (χ1) is 8.45. The number of nitrogens with two attached hydrogens (primary N) is 1. The Morgan fingerprint density at radius 2 is 1.89 bits per heavy atom. The molecule has 2 rings (SSSR count). The molecule has 0 radical (unpaired) electrons. The largest absolute Gasteiger partial charge is 0.330 e. The van der Waals surface area contributed by atoms with Crippen molar-refractivity contribution >= 4 is 15.9 Å². The van der Waals surface area contributed by atoms with Gasteiger partial charge >= 0.3 is 10.2 Å². The van der Waals surface area contributed by atoms with Crippen LogP contribution in [0.3, 0.4) is 0 Å². The number of aryl methyl sites for hydroxylation is 1. The Bertz CT molecular complexity index is 513. The Morgan fingerprint density at radius 3 is 2.44 bits per heavy atom. The molecule has 100 valence electrons. The maximum atomic E-state index is 12.3. The first-order valence-corrected chi connectivity index (χ1v) is 7.35. The Labute approximate surface area is 108 Å². The summed E-state index contributed by atoms with van der Waals surface area (Å²) in [7, 11) is -1.80. The fourth-order valence-electron chi connectivity index (χ4n) is 2.11. The first-order valence-electron chi connectivity index (χ1n) is 5.96. The third kappa shape index (κ3) is 2.36. The lowest BCUT2D eigenvalue weighted by atomic mass is 10.1. The van der Waals surface area contributed by atoms with Gasteiger partial charge < -0.3 is 5.73 Å². The van der Waals surface area contributed by atoms with Gasteiger partial charge in [-0.25, -0.2) is 0 Å². The van der Waals surface area contributed by atoms with Gasteiger partial charge in [0, 0.05) is 26.1 Å². The lowest BCUT2D eigenvalue weighted by Crippen LogP contribution is -2.53. The van der Waals surface area contributed by atoms with Gasteiger partial charge in [0.05, 0.1) is 5.69 Å². The van der Waals surface area contributed by atoms with Crippen molar-refractivity contribution < 1.29 is 8.42 Å². The Morgan fingerprint density at radius 1 is 1.28 bits per heavy atom. The average molecular weight is 269 g/mol. The highest BCUT2D eigenvalue weighted by Crippen LogP contribution is 2.25. The molecule has 1 aromatic rings. The molecule has 0 spiro atoms. The van der Waals surface area contributed by atoms with Gasteiger partial charge in [0.2, 0.25) is 0 Å². The molecule has 0 saturated carbocycles. The quantitative estimate of drug-likeness (QED) is 0.853. The van der Waals surface area contributed by atoms with Gasteiger partial charge in [0.25, 0.3) is 0 Å². The van der Waals surface area contributed by atoms with E-state index in [0.29, 0.717) is 25.3 Å². The molecule has 6 heteroatoms. The minimum absolute atomic E-state index is 0.167. The van der Waals surface area contributed by atoms with Crippen LogP contribution in [0.5, 0.6) is 0 Å². The van der Waals surface area contributed by atoms with Crippen LogP contribution in [0, 0.1) is 12.8 Å². The van der Waals surface area contributed by atoms with Gasteiger partial charge in [0.1, 0.15) is 0 Å². The highest BCUT2D eigenvalue weighted by Gasteiger charge is 2.35. The van der Waals surface area contributed by atoms with Gasteiger partial charge in [-0.3, -0.25) is 4.31 Å². The summed E-state index contributed by atoms with van der Waals surface area (Å²) >= 11 is 0. The minimum atomic E-state index is -3.40. The Hall–Kier alpha value is -1.11. The molecular weight excluding hydrogens is 250 g/mol. The van der Waals surface area contributed by atoms with Gasteiger partial charge in [0.15, 0.2) is 0 Å². The van der Waals surface area contributed by atoms with Crippen molar-refractivity contribution in [3.63, 3.8) is 0 Å². The van der Waals surface area contributed by atoms with Gasteiger partial charge in [-0.1, -0.05) is 17.7 Å². The van der Waals surface area contributed by atoms with E-state index in [-0.39, 0.29) is 5.92 Å². The summed E-state index contributed by atoms with van der Waals surface area (Å²) in [6.45, 7) is 3.40. The van der Waals surface area contributed by atoms with E-state index < -0.39 is 10.2 Å². The van der Waals surface area contributed by atoms with E-state index in [1.54, 1.807) is 7.05 Å². The summed E-state index contributed by atoms with van der Waals surface area (Å²) < 4.78 is 27.3. The summed E-state index contributed by atoms with van der Waals surface area (Å²) in [5.74, 6) is 0.167. The smallest absolute Gasteiger partial charge is 0.303 e. The Kier molecular flexibility index (Phi) is 3.61. The highest BCUT2D eigenvalue weighted by molar-refractivity contribution is 7.90. The van der Waals surface area contributed by atoms with Crippen molar-refractivity contribution in [2.24, 2.45) is 11.7 Å². The fourth-order valence-corrected chi connectivity index (χ4v) is 3.63. The van der Waals surface area contributed by atoms with Crippen molar-refractivity contribution in [2.45, 2.75) is 6.92 Å². The van der Waals surface area contributed by atoms with E-state index in [9.17, 15) is 8.42 Å². The molecule has 1 fully saturated rings. The second kappa shape index (κ2) is 4.87. The van der Waals surface area contributed by atoms with Crippen LogP contribution in [-0.4, -0.2) is 39.4 Å². The summed E-state index contributed by atoms with van der Waals surface area (Å²) in [4.78, 5) is 0. The number of nitrogens with zero attached hydrogens (tertiary/aromatic N) is 2.